The number of rotatable bonds is 12. The lowest BCUT2D eigenvalue weighted by molar-refractivity contribution is -0.138. The van der Waals surface area contributed by atoms with E-state index < -0.39 is 12.0 Å². The second kappa shape index (κ2) is 13.4. The monoisotopic (exact) mass is 341 g/mol. The van der Waals surface area contributed by atoms with Crippen LogP contribution >= 0.6 is 12.6 Å². The van der Waals surface area contributed by atoms with Crippen molar-refractivity contribution in [1.29, 1.82) is 0 Å². The molecule has 0 aromatic carbocycles. The summed E-state index contributed by atoms with van der Waals surface area (Å²) in [6.07, 6.45) is 10.3. The summed E-state index contributed by atoms with van der Waals surface area (Å²) in [6.45, 7) is 6.82. The molecule has 0 spiro atoms. The van der Waals surface area contributed by atoms with Crippen LogP contribution in [0.5, 0.6) is 0 Å². The topological polar surface area (TPSA) is 69.6 Å². The first-order valence-corrected chi connectivity index (χ1v) is 8.68. The standard InChI is InChI=1S/C18H31NO3S/c1-14(7-5-9-16(3)12-20)6-4-8-15(2)10-11-19-17(13-23)18(21)22/h6,9-10,17,19-20,23H,4-5,7-8,11-13H2,1-3H3,(H,21,22)/t17-/m0/s1. The fourth-order valence-electron chi connectivity index (χ4n) is 1.97. The summed E-state index contributed by atoms with van der Waals surface area (Å²) >= 11 is 4.02. The number of aliphatic carboxylic acids is 1. The van der Waals surface area contributed by atoms with Crippen LogP contribution in [-0.2, 0) is 4.79 Å². The van der Waals surface area contributed by atoms with Crippen molar-refractivity contribution < 1.29 is 15.0 Å². The largest absolute Gasteiger partial charge is 0.480 e. The molecule has 23 heavy (non-hydrogen) atoms. The van der Waals surface area contributed by atoms with Gasteiger partial charge in [0, 0.05) is 12.3 Å². The molecule has 0 aliphatic carbocycles. The van der Waals surface area contributed by atoms with Gasteiger partial charge in [0.2, 0.25) is 0 Å². The third-order valence-electron chi connectivity index (χ3n) is 3.61. The molecule has 0 fully saturated rings. The molecule has 0 radical (unpaired) electrons. The van der Waals surface area contributed by atoms with Crippen LogP contribution in [-0.4, -0.2) is 41.1 Å². The molecule has 0 bridgehead atoms. The Kier molecular flexibility index (Phi) is 12.8. The minimum atomic E-state index is -0.866. The third kappa shape index (κ3) is 12.1. The van der Waals surface area contributed by atoms with E-state index in [-0.39, 0.29) is 12.4 Å². The summed E-state index contributed by atoms with van der Waals surface area (Å²) in [5.74, 6) is -0.580. The number of aliphatic hydroxyl groups is 1. The maximum atomic E-state index is 10.8. The molecule has 0 saturated carbocycles. The SMILES string of the molecule is CC(=CCCC(C)=CCCC(C)=CCN[C@@H](CS)C(=O)O)CO. The number of allylic oxidation sites excluding steroid dienone is 4. The van der Waals surface area contributed by atoms with Crippen molar-refractivity contribution in [3.63, 3.8) is 0 Å². The second-order valence-electron chi connectivity index (χ2n) is 5.87. The van der Waals surface area contributed by atoms with Crippen LogP contribution < -0.4 is 5.32 Å². The van der Waals surface area contributed by atoms with Gasteiger partial charge in [0.25, 0.3) is 0 Å². The van der Waals surface area contributed by atoms with Gasteiger partial charge in [-0.2, -0.15) is 12.6 Å². The third-order valence-corrected chi connectivity index (χ3v) is 3.97. The molecule has 0 aliphatic heterocycles. The minimum Gasteiger partial charge on any atom is -0.480 e. The Morgan fingerprint density at radius 3 is 2.04 bits per heavy atom. The smallest absolute Gasteiger partial charge is 0.321 e. The lowest BCUT2D eigenvalue weighted by atomic mass is 10.1. The van der Waals surface area contributed by atoms with Crippen LogP contribution in [0.4, 0.5) is 0 Å². The van der Waals surface area contributed by atoms with Gasteiger partial charge in [0.1, 0.15) is 6.04 Å². The van der Waals surface area contributed by atoms with Gasteiger partial charge in [-0.1, -0.05) is 34.9 Å². The molecular weight excluding hydrogens is 310 g/mol. The molecule has 0 aromatic rings. The summed E-state index contributed by atoms with van der Waals surface area (Å²) in [4.78, 5) is 10.8. The molecule has 4 nitrogen and oxygen atoms in total. The van der Waals surface area contributed by atoms with Gasteiger partial charge in [-0.05, 0) is 46.5 Å². The summed E-state index contributed by atoms with van der Waals surface area (Å²) < 4.78 is 0. The van der Waals surface area contributed by atoms with Crippen LogP contribution in [0.3, 0.4) is 0 Å². The molecule has 3 N–H and O–H groups in total. The van der Waals surface area contributed by atoms with Crippen LogP contribution in [0.1, 0.15) is 46.5 Å². The Hall–Kier alpha value is -1.04. The van der Waals surface area contributed by atoms with Crippen molar-refractivity contribution in [2.45, 2.75) is 52.5 Å². The maximum Gasteiger partial charge on any atom is 0.321 e. The Labute approximate surface area is 145 Å². The lowest BCUT2D eigenvalue weighted by Crippen LogP contribution is -2.38. The molecule has 0 aliphatic rings. The van der Waals surface area contributed by atoms with E-state index in [1.165, 1.54) is 11.1 Å². The zero-order chi connectivity index (χ0) is 17.7. The summed E-state index contributed by atoms with van der Waals surface area (Å²) in [6, 6.07) is -0.597. The fourth-order valence-corrected chi connectivity index (χ4v) is 2.25. The average Bonchev–Trinajstić information content (AvgIpc) is 2.50. The van der Waals surface area contributed by atoms with Gasteiger partial charge in [0.15, 0.2) is 0 Å². The highest BCUT2D eigenvalue weighted by atomic mass is 32.1. The molecule has 5 heteroatoms. The van der Waals surface area contributed by atoms with Gasteiger partial charge >= 0.3 is 5.97 Å². The number of hydrogen-bond donors (Lipinski definition) is 4. The summed E-state index contributed by atoms with van der Waals surface area (Å²) in [5, 5.41) is 20.8. The Bertz CT molecular complexity index is 442. The Balaban J connectivity index is 4.03. The summed E-state index contributed by atoms with van der Waals surface area (Å²) in [7, 11) is 0. The fraction of sp³-hybridized carbons (Fsp3) is 0.611. The predicted molar refractivity (Wildman–Crippen MR) is 100 cm³/mol. The Morgan fingerprint density at radius 2 is 1.57 bits per heavy atom. The van der Waals surface area contributed by atoms with Crippen molar-refractivity contribution >= 4 is 18.6 Å². The van der Waals surface area contributed by atoms with E-state index in [9.17, 15) is 4.79 Å². The average molecular weight is 342 g/mol. The van der Waals surface area contributed by atoms with Gasteiger partial charge in [0.05, 0.1) is 6.61 Å². The van der Waals surface area contributed by atoms with E-state index >= 15 is 0 Å². The molecule has 0 heterocycles. The molecular formula is C18H31NO3S. The van der Waals surface area contributed by atoms with Crippen molar-refractivity contribution in [1.82, 2.24) is 5.32 Å². The quantitative estimate of drug-likeness (QED) is 0.325. The van der Waals surface area contributed by atoms with Crippen molar-refractivity contribution in [3.8, 4) is 0 Å². The molecule has 0 unspecified atom stereocenters. The zero-order valence-electron chi connectivity index (χ0n) is 14.5. The second-order valence-corrected chi connectivity index (χ2v) is 6.23. The normalized spacial score (nSPS) is 14.9. The molecule has 132 valence electrons. The van der Waals surface area contributed by atoms with Gasteiger partial charge in [-0.15, -0.1) is 0 Å². The maximum absolute atomic E-state index is 10.8. The Morgan fingerprint density at radius 1 is 1.04 bits per heavy atom. The number of nitrogens with one attached hydrogen (secondary N) is 1. The van der Waals surface area contributed by atoms with E-state index in [0.717, 1.165) is 31.3 Å². The molecule has 0 saturated heterocycles. The highest BCUT2D eigenvalue weighted by molar-refractivity contribution is 7.80. The number of aliphatic hydroxyl groups excluding tert-OH is 1. The first kappa shape index (κ1) is 22.0. The van der Waals surface area contributed by atoms with Crippen molar-refractivity contribution in [3.05, 3.63) is 34.9 Å². The summed E-state index contributed by atoms with van der Waals surface area (Å²) in [5.41, 5.74) is 3.63. The lowest BCUT2D eigenvalue weighted by Gasteiger charge is -2.10. The first-order valence-electron chi connectivity index (χ1n) is 8.05. The van der Waals surface area contributed by atoms with Crippen LogP contribution in [0.15, 0.2) is 34.9 Å². The van der Waals surface area contributed by atoms with E-state index in [1.54, 1.807) is 0 Å². The van der Waals surface area contributed by atoms with E-state index in [0.29, 0.717) is 6.54 Å². The molecule has 0 aromatic heterocycles. The number of hydrogen-bond acceptors (Lipinski definition) is 4. The van der Waals surface area contributed by atoms with E-state index in [2.05, 4.69) is 43.9 Å². The highest BCUT2D eigenvalue weighted by Gasteiger charge is 2.12. The molecule has 0 amide bonds. The highest BCUT2D eigenvalue weighted by Crippen LogP contribution is 2.11. The van der Waals surface area contributed by atoms with Crippen LogP contribution in [0, 0.1) is 0 Å². The number of carboxylic acid groups (broad SMARTS) is 1. The van der Waals surface area contributed by atoms with E-state index in [4.69, 9.17) is 10.2 Å². The van der Waals surface area contributed by atoms with Gasteiger partial charge in [-0.25, -0.2) is 0 Å². The van der Waals surface area contributed by atoms with Crippen LogP contribution in [0.2, 0.25) is 0 Å². The number of carbonyl (C=O) groups is 1. The van der Waals surface area contributed by atoms with Gasteiger partial charge < -0.3 is 15.5 Å². The molecule has 1 atom stereocenters. The van der Waals surface area contributed by atoms with Crippen molar-refractivity contribution in [2.24, 2.45) is 0 Å². The first-order chi connectivity index (χ1) is 10.9. The van der Waals surface area contributed by atoms with Crippen LogP contribution in [0.25, 0.3) is 0 Å². The predicted octanol–water partition coefficient (Wildman–Crippen LogP) is 3.35. The zero-order valence-corrected chi connectivity index (χ0v) is 15.4. The van der Waals surface area contributed by atoms with Crippen molar-refractivity contribution in [2.75, 3.05) is 18.9 Å². The minimum absolute atomic E-state index is 0.136. The molecule has 0 rings (SSSR count). The number of thiol groups is 1. The number of carboxylic acids is 1. The van der Waals surface area contributed by atoms with Gasteiger partial charge in [-0.3, -0.25) is 4.79 Å². The van der Waals surface area contributed by atoms with E-state index in [1.807, 2.05) is 13.0 Å².